The van der Waals surface area contributed by atoms with E-state index in [0.29, 0.717) is 37.9 Å². The summed E-state index contributed by atoms with van der Waals surface area (Å²) in [5.41, 5.74) is 1.15. The Labute approximate surface area is 163 Å². The Bertz CT molecular complexity index is 907. The summed E-state index contributed by atoms with van der Waals surface area (Å²) in [5, 5.41) is 11.5. The van der Waals surface area contributed by atoms with Crippen LogP contribution in [-0.2, 0) is 0 Å². The number of carbonyl (C=O) groups is 1. The van der Waals surface area contributed by atoms with Gasteiger partial charge in [0.25, 0.3) is 5.91 Å². The molecule has 1 saturated heterocycles. The highest BCUT2D eigenvalue weighted by atomic mass is 16.3. The van der Waals surface area contributed by atoms with Crippen molar-refractivity contribution >= 4 is 17.7 Å². The maximum Gasteiger partial charge on any atom is 0.289 e. The number of amides is 1. The highest BCUT2D eigenvalue weighted by Crippen LogP contribution is 2.19. The highest BCUT2D eigenvalue weighted by Gasteiger charge is 2.24. The van der Waals surface area contributed by atoms with Crippen LogP contribution in [0.15, 0.2) is 59.3 Å². The second-order valence-corrected chi connectivity index (χ2v) is 6.67. The van der Waals surface area contributed by atoms with Gasteiger partial charge in [-0.05, 0) is 24.6 Å². The number of anilines is 2. The van der Waals surface area contributed by atoms with E-state index in [-0.39, 0.29) is 11.9 Å². The molecule has 2 aromatic heterocycles. The minimum Gasteiger partial charge on any atom is -0.459 e. The van der Waals surface area contributed by atoms with Gasteiger partial charge in [-0.3, -0.25) is 4.79 Å². The lowest BCUT2D eigenvalue weighted by Gasteiger charge is -2.34. The minimum atomic E-state index is -0.0792. The molecule has 0 saturated carbocycles. The number of carbonyl (C=O) groups excluding carboxylic acids is 1. The van der Waals surface area contributed by atoms with Crippen LogP contribution in [-0.4, -0.2) is 52.2 Å². The van der Waals surface area contributed by atoms with E-state index < -0.39 is 0 Å². The second-order valence-electron chi connectivity index (χ2n) is 6.67. The smallest absolute Gasteiger partial charge is 0.289 e. The molecule has 1 aliphatic heterocycles. The third-order valence-corrected chi connectivity index (χ3v) is 4.81. The summed E-state index contributed by atoms with van der Waals surface area (Å²) in [7, 11) is 0. The lowest BCUT2D eigenvalue weighted by atomic mass is 10.1. The summed E-state index contributed by atoms with van der Waals surface area (Å²) in [4.78, 5) is 20.9. The molecule has 1 amide bonds. The summed E-state index contributed by atoms with van der Waals surface area (Å²) in [6.45, 7) is 4.63. The number of nitrogens with one attached hydrogen (secondary N) is 1. The average Bonchev–Trinajstić information content (AvgIpc) is 3.29. The molecule has 4 rings (SSSR count). The molecule has 1 atom stereocenters. The molecule has 1 fully saturated rings. The third-order valence-electron chi connectivity index (χ3n) is 4.81. The Hall–Kier alpha value is -3.42. The predicted octanol–water partition coefficient (Wildman–Crippen LogP) is 2.60. The fourth-order valence-corrected chi connectivity index (χ4v) is 3.22. The predicted molar refractivity (Wildman–Crippen MR) is 105 cm³/mol. The molecule has 8 nitrogen and oxygen atoms in total. The molecule has 28 heavy (non-hydrogen) atoms. The normalized spacial score (nSPS) is 15.3. The van der Waals surface area contributed by atoms with Crippen molar-refractivity contribution in [2.45, 2.75) is 13.0 Å². The molecule has 3 heterocycles. The molecule has 3 aromatic rings. The molecule has 144 valence electrons. The van der Waals surface area contributed by atoms with Crippen molar-refractivity contribution in [3.8, 4) is 0 Å². The number of nitrogens with zero attached hydrogens (tertiary/aromatic N) is 5. The van der Waals surface area contributed by atoms with Gasteiger partial charge >= 0.3 is 0 Å². The maximum absolute atomic E-state index is 12.4. The Morgan fingerprint density at radius 1 is 1.11 bits per heavy atom. The van der Waals surface area contributed by atoms with Gasteiger partial charge in [0.15, 0.2) is 11.6 Å². The zero-order valence-electron chi connectivity index (χ0n) is 15.7. The van der Waals surface area contributed by atoms with Gasteiger partial charge in [-0.1, -0.05) is 30.3 Å². The van der Waals surface area contributed by atoms with Crippen LogP contribution in [0.2, 0.25) is 0 Å². The summed E-state index contributed by atoms with van der Waals surface area (Å²) in [5.74, 6) is 1.54. The number of furan rings is 1. The molecule has 8 heteroatoms. The lowest BCUT2D eigenvalue weighted by molar-refractivity contribution is 0.0714. The van der Waals surface area contributed by atoms with E-state index in [9.17, 15) is 4.79 Å². The van der Waals surface area contributed by atoms with Crippen molar-refractivity contribution in [2.75, 3.05) is 36.4 Å². The third kappa shape index (κ3) is 3.95. The molecule has 0 spiro atoms. The Morgan fingerprint density at radius 3 is 2.61 bits per heavy atom. The molecule has 1 aromatic carbocycles. The van der Waals surface area contributed by atoms with Gasteiger partial charge in [0.1, 0.15) is 0 Å². The van der Waals surface area contributed by atoms with Crippen LogP contribution >= 0.6 is 0 Å². The first-order valence-electron chi connectivity index (χ1n) is 9.29. The van der Waals surface area contributed by atoms with Crippen molar-refractivity contribution in [1.29, 1.82) is 0 Å². The average molecular weight is 378 g/mol. The van der Waals surface area contributed by atoms with Gasteiger partial charge in [-0.15, -0.1) is 5.10 Å². The fraction of sp³-hybridized carbons (Fsp3) is 0.300. The summed E-state index contributed by atoms with van der Waals surface area (Å²) >= 11 is 0. The van der Waals surface area contributed by atoms with Gasteiger partial charge < -0.3 is 19.5 Å². The maximum atomic E-state index is 12.4. The lowest BCUT2D eigenvalue weighted by Crippen LogP contribution is -2.49. The SMILES string of the molecule is CC(Nc1nncc(N2CCN(C(=O)c3ccco3)CC2)n1)c1ccccc1. The van der Waals surface area contributed by atoms with Crippen molar-refractivity contribution < 1.29 is 9.21 Å². The van der Waals surface area contributed by atoms with E-state index in [2.05, 4.69) is 44.5 Å². The van der Waals surface area contributed by atoms with E-state index in [1.54, 1.807) is 23.2 Å². The second kappa shape index (κ2) is 8.08. The number of rotatable bonds is 5. The van der Waals surface area contributed by atoms with Gasteiger partial charge in [0, 0.05) is 26.2 Å². The van der Waals surface area contributed by atoms with Crippen LogP contribution in [0.1, 0.15) is 29.1 Å². The summed E-state index contributed by atoms with van der Waals surface area (Å²) in [6, 6.07) is 13.6. The Balaban J connectivity index is 1.38. The summed E-state index contributed by atoms with van der Waals surface area (Å²) in [6.07, 6.45) is 3.17. The van der Waals surface area contributed by atoms with E-state index in [4.69, 9.17) is 4.42 Å². The number of hydrogen-bond acceptors (Lipinski definition) is 7. The van der Waals surface area contributed by atoms with Crippen LogP contribution in [0.25, 0.3) is 0 Å². The molecular formula is C20H22N6O2. The molecule has 0 bridgehead atoms. The van der Waals surface area contributed by atoms with Crippen molar-refractivity contribution in [3.63, 3.8) is 0 Å². The van der Waals surface area contributed by atoms with Crippen molar-refractivity contribution in [3.05, 3.63) is 66.2 Å². The topological polar surface area (TPSA) is 87.4 Å². The van der Waals surface area contributed by atoms with E-state index in [1.165, 1.54) is 6.26 Å². The zero-order valence-corrected chi connectivity index (χ0v) is 15.7. The first-order valence-corrected chi connectivity index (χ1v) is 9.29. The van der Waals surface area contributed by atoms with Gasteiger partial charge in [-0.2, -0.15) is 10.1 Å². The minimum absolute atomic E-state index is 0.0704. The first kappa shape index (κ1) is 18.0. The Kier molecular flexibility index (Phi) is 5.18. The number of piperazine rings is 1. The quantitative estimate of drug-likeness (QED) is 0.730. The standard InChI is InChI=1S/C20H22N6O2/c1-15(16-6-3-2-4-7-16)22-20-23-18(14-21-24-20)25-9-11-26(12-10-25)19(27)17-8-5-13-28-17/h2-8,13-15H,9-12H2,1H3,(H,22,23,24). The van der Waals surface area contributed by atoms with Gasteiger partial charge in [0.05, 0.1) is 18.5 Å². The van der Waals surface area contributed by atoms with Gasteiger partial charge in [-0.25, -0.2) is 0 Å². The fourth-order valence-electron chi connectivity index (χ4n) is 3.22. The summed E-state index contributed by atoms with van der Waals surface area (Å²) < 4.78 is 5.21. The van der Waals surface area contributed by atoms with E-state index in [0.717, 1.165) is 11.4 Å². The van der Waals surface area contributed by atoms with Crippen LogP contribution in [0.3, 0.4) is 0 Å². The molecule has 0 aliphatic carbocycles. The molecule has 1 aliphatic rings. The Morgan fingerprint density at radius 2 is 1.89 bits per heavy atom. The van der Waals surface area contributed by atoms with E-state index in [1.807, 2.05) is 18.2 Å². The number of hydrogen-bond donors (Lipinski definition) is 1. The number of benzene rings is 1. The van der Waals surface area contributed by atoms with Crippen molar-refractivity contribution in [2.24, 2.45) is 0 Å². The van der Waals surface area contributed by atoms with Gasteiger partial charge in [0.2, 0.25) is 5.95 Å². The largest absolute Gasteiger partial charge is 0.459 e. The van der Waals surface area contributed by atoms with Crippen molar-refractivity contribution in [1.82, 2.24) is 20.1 Å². The highest BCUT2D eigenvalue weighted by molar-refractivity contribution is 5.91. The van der Waals surface area contributed by atoms with Crippen LogP contribution in [0.5, 0.6) is 0 Å². The number of aromatic nitrogens is 3. The van der Waals surface area contributed by atoms with E-state index >= 15 is 0 Å². The monoisotopic (exact) mass is 378 g/mol. The van der Waals surface area contributed by atoms with Crippen LogP contribution < -0.4 is 10.2 Å². The molecule has 0 radical (unpaired) electrons. The molecule has 1 N–H and O–H groups in total. The zero-order chi connectivity index (χ0) is 19.3. The van der Waals surface area contributed by atoms with Crippen LogP contribution in [0.4, 0.5) is 11.8 Å². The van der Waals surface area contributed by atoms with Crippen LogP contribution in [0, 0.1) is 0 Å². The first-order chi connectivity index (χ1) is 13.7. The molecular weight excluding hydrogens is 356 g/mol. The molecule has 1 unspecified atom stereocenters.